The van der Waals surface area contributed by atoms with Crippen LogP contribution in [0, 0.1) is 29.1 Å². The van der Waals surface area contributed by atoms with E-state index in [1.54, 1.807) is 6.92 Å². The highest BCUT2D eigenvalue weighted by Crippen LogP contribution is 2.57. The van der Waals surface area contributed by atoms with Gasteiger partial charge in [-0.05, 0) is 60.8 Å². The van der Waals surface area contributed by atoms with Gasteiger partial charge in [-0.3, -0.25) is 9.59 Å². The van der Waals surface area contributed by atoms with Gasteiger partial charge in [-0.1, -0.05) is 56.9 Å². The second-order valence-electron chi connectivity index (χ2n) is 11.9. The minimum absolute atomic E-state index is 0.0241. The predicted octanol–water partition coefficient (Wildman–Crippen LogP) is 3.61. The van der Waals surface area contributed by atoms with Crippen LogP contribution in [0.5, 0.6) is 0 Å². The molecule has 0 radical (unpaired) electrons. The number of aromatic amines is 1. The molecule has 1 aliphatic heterocycles. The minimum Gasteiger partial charge on any atom is -0.390 e. The summed E-state index contributed by atoms with van der Waals surface area (Å²) in [6, 6.07) is 7.65. The summed E-state index contributed by atoms with van der Waals surface area (Å²) in [5, 5.41) is 37.2. The number of aliphatic hydroxyl groups excluding tert-OH is 3. The molecule has 2 aliphatic carbocycles. The van der Waals surface area contributed by atoms with Gasteiger partial charge < -0.3 is 25.6 Å². The van der Waals surface area contributed by atoms with Gasteiger partial charge in [0.2, 0.25) is 5.91 Å². The van der Waals surface area contributed by atoms with Crippen molar-refractivity contribution in [3.8, 4) is 0 Å². The third-order valence-corrected chi connectivity index (χ3v) is 9.49. The van der Waals surface area contributed by atoms with Crippen LogP contribution in [0.15, 0.2) is 66.4 Å². The number of nitrogens with one attached hydrogen (secondary N) is 2. The number of allylic oxidation sites excluding steroid dienone is 2. The molecule has 208 valence electrons. The fourth-order valence-corrected chi connectivity index (χ4v) is 7.42. The number of para-hydroxylation sites is 1. The molecule has 7 nitrogen and oxygen atoms in total. The van der Waals surface area contributed by atoms with E-state index in [-0.39, 0.29) is 42.4 Å². The molecule has 5 N–H and O–H groups in total. The molecule has 2 heterocycles. The Morgan fingerprint density at radius 2 is 1.85 bits per heavy atom. The molecule has 1 saturated heterocycles. The summed E-state index contributed by atoms with van der Waals surface area (Å²) < 4.78 is 0. The molecule has 7 heteroatoms. The molecule has 9 unspecified atom stereocenters. The number of hydrogen-bond donors (Lipinski definition) is 5. The van der Waals surface area contributed by atoms with Crippen LogP contribution < -0.4 is 5.32 Å². The quantitative estimate of drug-likeness (QED) is 0.299. The molecule has 3 aliphatic rings. The molecule has 2 aromatic rings. The first kappa shape index (κ1) is 27.6. The molecule has 1 amide bonds. The van der Waals surface area contributed by atoms with Gasteiger partial charge in [0, 0.05) is 41.4 Å². The van der Waals surface area contributed by atoms with Crippen molar-refractivity contribution in [1.82, 2.24) is 10.3 Å². The van der Waals surface area contributed by atoms with Crippen molar-refractivity contribution in [2.75, 3.05) is 0 Å². The molecular weight excluding hydrogens is 492 g/mol. The third kappa shape index (κ3) is 4.50. The molecule has 1 aromatic carbocycles. The lowest BCUT2D eigenvalue weighted by atomic mass is 9.51. The van der Waals surface area contributed by atoms with Crippen molar-refractivity contribution in [3.05, 3.63) is 72.0 Å². The lowest BCUT2D eigenvalue weighted by Gasteiger charge is -2.49. The number of rotatable bonds is 2. The van der Waals surface area contributed by atoms with Gasteiger partial charge in [0.25, 0.3) is 0 Å². The van der Waals surface area contributed by atoms with E-state index in [4.69, 9.17) is 0 Å². The SMILES string of the molecule is C=C1C(C)C2C(Cc3c[nH]c4ccccc34)NC(=O)C23C(=O)CCC(O)C(O)C(C)=CC(C)CC=CC3C1O. The van der Waals surface area contributed by atoms with E-state index >= 15 is 0 Å². The normalized spacial score (nSPS) is 37.8. The Labute approximate surface area is 229 Å². The van der Waals surface area contributed by atoms with Crippen molar-refractivity contribution >= 4 is 22.6 Å². The van der Waals surface area contributed by atoms with Crippen LogP contribution in [0.25, 0.3) is 10.9 Å². The highest BCUT2D eigenvalue weighted by atomic mass is 16.3. The van der Waals surface area contributed by atoms with Crippen molar-refractivity contribution in [2.24, 2.45) is 29.1 Å². The molecule has 9 atom stereocenters. The number of carbonyl (C=O) groups excluding carboxylic acids is 2. The summed E-state index contributed by atoms with van der Waals surface area (Å²) in [6.07, 6.45) is 5.44. The molecule has 2 fully saturated rings. The fourth-order valence-electron chi connectivity index (χ4n) is 7.42. The van der Waals surface area contributed by atoms with Crippen LogP contribution in [0.2, 0.25) is 0 Å². The zero-order valence-electron chi connectivity index (χ0n) is 22.9. The Bertz CT molecular complexity index is 1340. The first-order valence-corrected chi connectivity index (χ1v) is 14.0. The van der Waals surface area contributed by atoms with Gasteiger partial charge in [0.05, 0.1) is 12.2 Å². The highest BCUT2D eigenvalue weighted by Gasteiger charge is 2.68. The lowest BCUT2D eigenvalue weighted by molar-refractivity contribution is -0.152. The highest BCUT2D eigenvalue weighted by molar-refractivity contribution is 6.09. The van der Waals surface area contributed by atoms with E-state index in [2.05, 4.69) is 16.9 Å². The Kier molecular flexibility index (Phi) is 7.44. The van der Waals surface area contributed by atoms with Gasteiger partial charge in [0.1, 0.15) is 17.3 Å². The maximum Gasteiger partial charge on any atom is 0.235 e. The standard InChI is InChI=1S/C32H40N2O5/c1-17-8-7-10-23-30(38)20(4)19(3)28-25(15-21-16-33-24-11-6-5-9-22(21)24)34-31(39)32(23,28)27(36)13-12-26(35)29(37)18(2)14-17/h5-7,9-11,14,16-17,19,23,25-26,28-30,33,35,37-38H,4,8,12-13,15H2,1-3H3,(H,34,39). The number of amides is 1. The van der Waals surface area contributed by atoms with Gasteiger partial charge in [0.15, 0.2) is 0 Å². The smallest absolute Gasteiger partial charge is 0.235 e. The summed E-state index contributed by atoms with van der Waals surface area (Å²) in [5.74, 6) is -2.12. The van der Waals surface area contributed by atoms with Crippen LogP contribution in [0.3, 0.4) is 0 Å². The molecule has 1 aromatic heterocycles. The number of fused-ring (bicyclic) bond motifs is 1. The Hall–Kier alpha value is -3.00. The fraction of sp³-hybridized carbons (Fsp3) is 0.500. The van der Waals surface area contributed by atoms with E-state index in [0.29, 0.717) is 24.0 Å². The van der Waals surface area contributed by atoms with E-state index in [0.717, 1.165) is 16.5 Å². The zero-order valence-corrected chi connectivity index (χ0v) is 22.9. The summed E-state index contributed by atoms with van der Waals surface area (Å²) in [5.41, 5.74) is 1.84. The largest absolute Gasteiger partial charge is 0.390 e. The van der Waals surface area contributed by atoms with E-state index in [1.807, 2.05) is 62.5 Å². The number of aliphatic hydroxyl groups is 3. The van der Waals surface area contributed by atoms with E-state index in [1.165, 1.54) is 0 Å². The van der Waals surface area contributed by atoms with E-state index < -0.39 is 35.6 Å². The van der Waals surface area contributed by atoms with Crippen molar-refractivity contribution in [3.63, 3.8) is 0 Å². The molecule has 1 spiro atoms. The van der Waals surface area contributed by atoms with Crippen molar-refractivity contribution < 1.29 is 24.9 Å². The molecule has 39 heavy (non-hydrogen) atoms. The van der Waals surface area contributed by atoms with Gasteiger partial charge in [-0.25, -0.2) is 0 Å². The molecule has 1 saturated carbocycles. The summed E-state index contributed by atoms with van der Waals surface area (Å²) in [6.45, 7) is 9.96. The number of aromatic nitrogens is 1. The Morgan fingerprint density at radius 1 is 1.10 bits per heavy atom. The van der Waals surface area contributed by atoms with Gasteiger partial charge in [-0.15, -0.1) is 0 Å². The number of hydrogen-bond acceptors (Lipinski definition) is 5. The number of H-pyrrole nitrogens is 1. The van der Waals surface area contributed by atoms with Gasteiger partial charge in [-0.2, -0.15) is 0 Å². The van der Waals surface area contributed by atoms with Crippen LogP contribution in [-0.4, -0.2) is 56.3 Å². The predicted molar refractivity (Wildman–Crippen MR) is 151 cm³/mol. The number of Topliss-reactive ketones (excluding diaryl/α,β-unsaturated/α-hetero) is 1. The third-order valence-electron chi connectivity index (χ3n) is 9.49. The maximum atomic E-state index is 14.3. The topological polar surface area (TPSA) is 123 Å². The van der Waals surface area contributed by atoms with Crippen LogP contribution in [-0.2, 0) is 16.0 Å². The second-order valence-corrected chi connectivity index (χ2v) is 11.9. The first-order chi connectivity index (χ1) is 18.6. The number of carbonyl (C=O) groups is 2. The number of ketones is 1. The van der Waals surface area contributed by atoms with E-state index in [9.17, 15) is 24.9 Å². The maximum absolute atomic E-state index is 14.3. The van der Waals surface area contributed by atoms with Crippen LogP contribution >= 0.6 is 0 Å². The minimum atomic E-state index is -1.50. The van der Waals surface area contributed by atoms with Crippen molar-refractivity contribution in [2.45, 2.75) is 70.8 Å². The van der Waals surface area contributed by atoms with Crippen LogP contribution in [0.1, 0.15) is 45.6 Å². The Balaban J connectivity index is 1.59. The monoisotopic (exact) mass is 532 g/mol. The molecular formula is C32H40N2O5. The number of benzene rings is 1. The molecule has 5 rings (SSSR count). The lowest BCUT2D eigenvalue weighted by Crippen LogP contribution is -2.58. The zero-order chi connectivity index (χ0) is 28.1. The summed E-state index contributed by atoms with van der Waals surface area (Å²) in [7, 11) is 0. The average Bonchev–Trinajstić information content (AvgIpc) is 3.45. The average molecular weight is 533 g/mol. The summed E-state index contributed by atoms with van der Waals surface area (Å²) in [4.78, 5) is 31.7. The first-order valence-electron chi connectivity index (χ1n) is 14.0. The van der Waals surface area contributed by atoms with Crippen LogP contribution in [0.4, 0.5) is 0 Å². The Morgan fingerprint density at radius 3 is 2.62 bits per heavy atom. The second kappa shape index (κ2) is 10.5. The van der Waals surface area contributed by atoms with Crippen molar-refractivity contribution in [1.29, 1.82) is 0 Å². The molecule has 0 bridgehead atoms. The summed E-state index contributed by atoms with van der Waals surface area (Å²) >= 11 is 0. The van der Waals surface area contributed by atoms with Gasteiger partial charge >= 0.3 is 0 Å².